The summed E-state index contributed by atoms with van der Waals surface area (Å²) in [5.41, 5.74) is 5.07. The summed E-state index contributed by atoms with van der Waals surface area (Å²) in [6.07, 6.45) is 7.43. The van der Waals surface area contributed by atoms with E-state index in [0.29, 0.717) is 30.2 Å². The van der Waals surface area contributed by atoms with E-state index in [4.69, 9.17) is 9.47 Å². The largest absolute Gasteiger partial charge is 0.482 e. The molecule has 1 atom stereocenters. The van der Waals surface area contributed by atoms with Gasteiger partial charge in [0, 0.05) is 47.6 Å². The average Bonchev–Trinajstić information content (AvgIpc) is 3.72. The van der Waals surface area contributed by atoms with Crippen LogP contribution in [0.4, 0.5) is 9.18 Å². The Morgan fingerprint density at radius 3 is 2.60 bits per heavy atom. The standard InChI is InChI=1S/C30H33FN8O3S/c1-18-27(35-36-39(18)23-8-10-37(11-9-23)29(40)42-30(3,4)5)20-12-26(41-19(2)25-7-6-22(31)14-32-25)28-24(15-33-38(28)16-20)21-13-34-43-17-21/h6-7,12-17,19,23H,8-11H2,1-5H3/t19-/m1/s1. The smallest absolute Gasteiger partial charge is 0.410 e. The zero-order valence-corrected chi connectivity index (χ0v) is 25.5. The number of likely N-dealkylation sites (tertiary alicyclic amines) is 1. The molecule has 0 saturated carbocycles. The fourth-order valence-electron chi connectivity index (χ4n) is 5.31. The molecule has 43 heavy (non-hydrogen) atoms. The summed E-state index contributed by atoms with van der Waals surface area (Å²) in [5, 5.41) is 15.7. The van der Waals surface area contributed by atoms with Gasteiger partial charge in [-0.3, -0.25) is 4.98 Å². The first-order chi connectivity index (χ1) is 20.6. The summed E-state index contributed by atoms with van der Waals surface area (Å²) in [5.74, 6) is 0.173. The number of fused-ring (bicyclic) bond motifs is 1. The number of piperidine rings is 1. The van der Waals surface area contributed by atoms with Crippen molar-refractivity contribution in [2.24, 2.45) is 0 Å². The Hall–Kier alpha value is -4.39. The number of hydrogen-bond acceptors (Lipinski definition) is 9. The predicted octanol–water partition coefficient (Wildman–Crippen LogP) is 6.27. The molecule has 0 aliphatic carbocycles. The monoisotopic (exact) mass is 604 g/mol. The minimum atomic E-state index is -0.530. The van der Waals surface area contributed by atoms with E-state index in [0.717, 1.165) is 40.7 Å². The fourth-order valence-corrected chi connectivity index (χ4v) is 5.84. The van der Waals surface area contributed by atoms with Crippen molar-refractivity contribution in [2.75, 3.05) is 13.1 Å². The van der Waals surface area contributed by atoms with Crippen LogP contribution in [-0.2, 0) is 4.74 Å². The maximum atomic E-state index is 13.5. The Morgan fingerprint density at radius 2 is 1.93 bits per heavy atom. The molecule has 0 radical (unpaired) electrons. The van der Waals surface area contributed by atoms with E-state index >= 15 is 0 Å². The lowest BCUT2D eigenvalue weighted by atomic mass is 10.0. The topological polar surface area (TPSA) is 113 Å². The first-order valence-corrected chi connectivity index (χ1v) is 15.0. The second-order valence-electron chi connectivity index (χ2n) is 11.7. The number of nitrogens with zero attached hydrogens (tertiary/aromatic N) is 8. The van der Waals surface area contributed by atoms with Crippen molar-refractivity contribution in [2.45, 2.75) is 65.2 Å². The van der Waals surface area contributed by atoms with Crippen molar-refractivity contribution in [3.63, 3.8) is 0 Å². The van der Waals surface area contributed by atoms with E-state index < -0.39 is 17.5 Å². The molecule has 0 aromatic carbocycles. The third kappa shape index (κ3) is 5.94. The van der Waals surface area contributed by atoms with E-state index in [9.17, 15) is 9.18 Å². The molecule has 224 valence electrons. The van der Waals surface area contributed by atoms with Crippen molar-refractivity contribution in [1.29, 1.82) is 0 Å². The van der Waals surface area contributed by atoms with Crippen LogP contribution in [-0.4, -0.2) is 63.6 Å². The number of rotatable bonds is 6. The highest BCUT2D eigenvalue weighted by Gasteiger charge is 2.29. The lowest BCUT2D eigenvalue weighted by molar-refractivity contribution is 0.0183. The van der Waals surface area contributed by atoms with Crippen LogP contribution in [0, 0.1) is 12.7 Å². The third-order valence-corrected chi connectivity index (χ3v) is 8.04. The second-order valence-corrected chi connectivity index (χ2v) is 12.3. The number of ether oxygens (including phenoxy) is 2. The van der Waals surface area contributed by atoms with Crippen molar-refractivity contribution in [1.82, 2.24) is 38.9 Å². The van der Waals surface area contributed by atoms with Crippen LogP contribution in [0.2, 0.25) is 0 Å². The highest BCUT2D eigenvalue weighted by Crippen LogP contribution is 2.38. The van der Waals surface area contributed by atoms with Gasteiger partial charge in [0.15, 0.2) is 0 Å². The third-order valence-electron chi connectivity index (χ3n) is 7.45. The van der Waals surface area contributed by atoms with Crippen LogP contribution >= 0.6 is 11.5 Å². The molecule has 13 heteroatoms. The average molecular weight is 605 g/mol. The molecule has 1 saturated heterocycles. The molecule has 0 spiro atoms. The molecule has 0 unspecified atom stereocenters. The molecule has 5 aromatic heterocycles. The first kappa shape index (κ1) is 28.7. The van der Waals surface area contributed by atoms with Crippen molar-refractivity contribution >= 4 is 23.1 Å². The van der Waals surface area contributed by atoms with Gasteiger partial charge in [0.2, 0.25) is 0 Å². The van der Waals surface area contributed by atoms with E-state index in [-0.39, 0.29) is 12.1 Å². The second kappa shape index (κ2) is 11.4. The number of carbonyl (C=O) groups is 1. The molecule has 1 fully saturated rings. The van der Waals surface area contributed by atoms with Gasteiger partial charge < -0.3 is 14.4 Å². The fraction of sp³-hybridized carbons (Fsp3) is 0.400. The molecule has 0 N–H and O–H groups in total. The van der Waals surface area contributed by atoms with Gasteiger partial charge in [-0.05, 0) is 77.2 Å². The van der Waals surface area contributed by atoms with Gasteiger partial charge >= 0.3 is 6.09 Å². The highest BCUT2D eigenvalue weighted by atomic mass is 32.1. The van der Waals surface area contributed by atoms with Crippen molar-refractivity contribution in [3.8, 4) is 28.1 Å². The molecule has 6 heterocycles. The predicted molar refractivity (Wildman–Crippen MR) is 159 cm³/mol. The summed E-state index contributed by atoms with van der Waals surface area (Å²) < 4.78 is 33.5. The SMILES string of the molecule is Cc1c(-c2cc(O[C@H](C)c3ccc(F)cn3)c3c(-c4cnsc4)cnn3c2)nnn1C1CCN(C(=O)OC(C)(C)C)CC1. The summed E-state index contributed by atoms with van der Waals surface area (Å²) in [7, 11) is 0. The molecule has 1 amide bonds. The zero-order chi connectivity index (χ0) is 30.3. The molecule has 6 rings (SSSR count). The normalized spacial score (nSPS) is 15.2. The quantitative estimate of drug-likeness (QED) is 0.223. The summed E-state index contributed by atoms with van der Waals surface area (Å²) >= 11 is 1.36. The highest BCUT2D eigenvalue weighted by molar-refractivity contribution is 7.03. The summed E-state index contributed by atoms with van der Waals surface area (Å²) in [6.45, 7) is 10.6. The Morgan fingerprint density at radius 1 is 1.14 bits per heavy atom. The van der Waals surface area contributed by atoms with Gasteiger partial charge in [-0.25, -0.2) is 22.8 Å². The van der Waals surface area contributed by atoms with Gasteiger partial charge in [-0.2, -0.15) is 5.10 Å². The Kier molecular flexibility index (Phi) is 7.59. The zero-order valence-electron chi connectivity index (χ0n) is 24.7. The van der Waals surface area contributed by atoms with E-state index in [1.54, 1.807) is 27.9 Å². The van der Waals surface area contributed by atoms with Crippen molar-refractivity contribution < 1.29 is 18.7 Å². The van der Waals surface area contributed by atoms with Crippen LogP contribution in [0.1, 0.15) is 64.1 Å². The Labute approximate surface area is 252 Å². The number of pyridine rings is 2. The van der Waals surface area contributed by atoms with Gasteiger partial charge in [0.1, 0.15) is 34.5 Å². The molecule has 1 aliphatic rings. The maximum Gasteiger partial charge on any atom is 0.410 e. The molecule has 11 nitrogen and oxygen atoms in total. The Balaban J connectivity index is 1.30. The molecular formula is C30H33FN8O3S. The molecular weight excluding hydrogens is 571 g/mol. The van der Waals surface area contributed by atoms with Crippen LogP contribution < -0.4 is 4.74 Å². The van der Waals surface area contributed by atoms with Crippen LogP contribution in [0.15, 0.2) is 48.4 Å². The number of halogens is 1. The van der Waals surface area contributed by atoms with Crippen molar-refractivity contribution in [3.05, 3.63) is 65.6 Å². The number of amides is 1. The molecule has 5 aromatic rings. The van der Waals surface area contributed by atoms with Crippen LogP contribution in [0.5, 0.6) is 5.75 Å². The Bertz CT molecular complexity index is 1740. The number of hydrogen-bond donors (Lipinski definition) is 0. The van der Waals surface area contributed by atoms with Gasteiger partial charge in [0.25, 0.3) is 0 Å². The lowest BCUT2D eigenvalue weighted by Crippen LogP contribution is -2.42. The molecule has 0 bridgehead atoms. The van der Waals surface area contributed by atoms with Gasteiger partial charge in [-0.1, -0.05) is 5.21 Å². The maximum absolute atomic E-state index is 13.5. The number of carbonyl (C=O) groups excluding carboxylic acids is 1. The van der Waals surface area contributed by atoms with E-state index in [1.807, 2.05) is 56.9 Å². The molecule has 1 aliphatic heterocycles. The van der Waals surface area contributed by atoms with Gasteiger partial charge in [-0.15, -0.1) is 5.10 Å². The minimum absolute atomic E-state index is 0.103. The van der Waals surface area contributed by atoms with Crippen LogP contribution in [0.25, 0.3) is 27.9 Å². The van der Waals surface area contributed by atoms with Gasteiger partial charge in [0.05, 0.1) is 29.8 Å². The minimum Gasteiger partial charge on any atom is -0.482 e. The summed E-state index contributed by atoms with van der Waals surface area (Å²) in [4.78, 5) is 18.5. The van der Waals surface area contributed by atoms with E-state index in [2.05, 4.69) is 24.8 Å². The van der Waals surface area contributed by atoms with Crippen LogP contribution in [0.3, 0.4) is 0 Å². The number of aromatic nitrogens is 7. The summed E-state index contributed by atoms with van der Waals surface area (Å²) in [6, 6.07) is 5.03. The van der Waals surface area contributed by atoms with E-state index in [1.165, 1.54) is 23.8 Å². The lowest BCUT2D eigenvalue weighted by Gasteiger charge is -2.33. The first-order valence-electron chi connectivity index (χ1n) is 14.2.